The molecule has 0 bridgehead atoms. The molecular formula is C19H34N4O8S. The largest absolute Gasteiger partial charge is 0.481 e. The standard InChI is InChI=1S/C19H34N4O8S/c1-4-10(2)15(18(29)22-13(9-24)19(30)31)23-17(28)12(5-6-14(25)26)21-16(27)11(20)7-8-32-3/h10-13,15,24H,4-9,20H2,1-3H3,(H,21,27)(H,22,29)(H,23,28)(H,25,26)(H,30,31). The number of carboxylic acid groups (broad SMARTS) is 2. The number of nitrogens with two attached hydrogens (primary N) is 1. The van der Waals surface area contributed by atoms with Crippen molar-refractivity contribution < 1.29 is 39.3 Å². The Morgan fingerprint density at radius 3 is 2.00 bits per heavy atom. The van der Waals surface area contributed by atoms with E-state index in [1.54, 1.807) is 13.8 Å². The predicted octanol–water partition coefficient (Wildman–Crippen LogP) is -1.49. The second-order valence-corrected chi connectivity index (χ2v) is 8.32. The van der Waals surface area contributed by atoms with E-state index in [0.29, 0.717) is 18.6 Å². The maximum absolute atomic E-state index is 12.8. The van der Waals surface area contributed by atoms with E-state index in [0.717, 1.165) is 0 Å². The molecule has 5 atom stereocenters. The molecule has 0 aliphatic rings. The quantitative estimate of drug-likeness (QED) is 0.137. The summed E-state index contributed by atoms with van der Waals surface area (Å²) in [5.74, 6) is -4.67. The summed E-state index contributed by atoms with van der Waals surface area (Å²) in [5, 5.41) is 34.2. The van der Waals surface area contributed by atoms with Crippen molar-refractivity contribution in [1.29, 1.82) is 0 Å². The number of thioether (sulfide) groups is 1. The molecule has 0 aliphatic carbocycles. The van der Waals surface area contributed by atoms with Crippen LogP contribution in [0.25, 0.3) is 0 Å². The lowest BCUT2D eigenvalue weighted by atomic mass is 9.97. The number of hydrogen-bond donors (Lipinski definition) is 7. The Bertz CT molecular complexity index is 663. The number of rotatable bonds is 16. The van der Waals surface area contributed by atoms with Crippen molar-refractivity contribution in [2.75, 3.05) is 18.6 Å². The summed E-state index contributed by atoms with van der Waals surface area (Å²) >= 11 is 1.49. The maximum atomic E-state index is 12.8. The minimum absolute atomic E-state index is 0.231. The first-order chi connectivity index (χ1) is 15.0. The topological polar surface area (TPSA) is 208 Å². The molecule has 184 valence electrons. The number of aliphatic hydroxyl groups is 1. The van der Waals surface area contributed by atoms with E-state index in [1.807, 2.05) is 6.26 Å². The fraction of sp³-hybridized carbons (Fsp3) is 0.737. The van der Waals surface area contributed by atoms with Crippen LogP contribution in [0.1, 0.15) is 39.5 Å². The van der Waals surface area contributed by atoms with E-state index >= 15 is 0 Å². The van der Waals surface area contributed by atoms with Gasteiger partial charge in [0.25, 0.3) is 0 Å². The van der Waals surface area contributed by atoms with E-state index in [1.165, 1.54) is 11.8 Å². The molecule has 3 amide bonds. The summed E-state index contributed by atoms with van der Waals surface area (Å²) < 4.78 is 0. The summed E-state index contributed by atoms with van der Waals surface area (Å²) in [6, 6.07) is -4.87. The minimum atomic E-state index is -1.55. The molecule has 0 aliphatic heterocycles. The van der Waals surface area contributed by atoms with Gasteiger partial charge in [0.05, 0.1) is 12.6 Å². The maximum Gasteiger partial charge on any atom is 0.328 e. The van der Waals surface area contributed by atoms with Crippen molar-refractivity contribution in [3.05, 3.63) is 0 Å². The average Bonchev–Trinajstić information content (AvgIpc) is 2.75. The zero-order valence-corrected chi connectivity index (χ0v) is 19.3. The fourth-order valence-electron chi connectivity index (χ4n) is 2.59. The first-order valence-corrected chi connectivity index (χ1v) is 11.6. The van der Waals surface area contributed by atoms with Crippen molar-refractivity contribution in [3.63, 3.8) is 0 Å². The van der Waals surface area contributed by atoms with Gasteiger partial charge in [0.2, 0.25) is 17.7 Å². The van der Waals surface area contributed by atoms with E-state index in [9.17, 15) is 24.0 Å². The number of carboxylic acids is 2. The smallest absolute Gasteiger partial charge is 0.328 e. The first-order valence-electron chi connectivity index (χ1n) is 10.2. The van der Waals surface area contributed by atoms with E-state index < -0.39 is 72.8 Å². The number of nitrogens with one attached hydrogen (secondary N) is 3. The Labute approximate surface area is 191 Å². The Balaban J connectivity index is 5.48. The lowest BCUT2D eigenvalue weighted by Gasteiger charge is -2.27. The number of carbonyl (C=O) groups is 5. The van der Waals surface area contributed by atoms with Gasteiger partial charge < -0.3 is 37.0 Å². The highest BCUT2D eigenvalue weighted by molar-refractivity contribution is 7.98. The van der Waals surface area contributed by atoms with E-state index in [4.69, 9.17) is 21.1 Å². The highest BCUT2D eigenvalue weighted by Gasteiger charge is 2.32. The molecule has 0 saturated carbocycles. The molecule has 32 heavy (non-hydrogen) atoms. The lowest BCUT2D eigenvalue weighted by Crippen LogP contribution is -2.59. The monoisotopic (exact) mass is 478 g/mol. The van der Waals surface area contributed by atoms with Crippen molar-refractivity contribution in [2.45, 2.75) is 63.7 Å². The zero-order chi connectivity index (χ0) is 24.8. The average molecular weight is 479 g/mol. The molecule has 0 aromatic carbocycles. The first kappa shape index (κ1) is 29.6. The van der Waals surface area contributed by atoms with Crippen LogP contribution >= 0.6 is 11.8 Å². The Morgan fingerprint density at radius 1 is 0.938 bits per heavy atom. The van der Waals surface area contributed by atoms with Crippen LogP contribution in [-0.4, -0.2) is 87.8 Å². The van der Waals surface area contributed by atoms with Crippen LogP contribution in [0.15, 0.2) is 0 Å². The van der Waals surface area contributed by atoms with Crippen LogP contribution in [0.2, 0.25) is 0 Å². The van der Waals surface area contributed by atoms with Gasteiger partial charge >= 0.3 is 11.9 Å². The van der Waals surface area contributed by atoms with Crippen LogP contribution < -0.4 is 21.7 Å². The van der Waals surface area contributed by atoms with Crippen LogP contribution in [0, 0.1) is 5.92 Å². The van der Waals surface area contributed by atoms with Gasteiger partial charge in [-0.05, 0) is 30.8 Å². The van der Waals surface area contributed by atoms with Gasteiger partial charge in [-0.15, -0.1) is 0 Å². The Hall–Kier alpha value is -2.38. The van der Waals surface area contributed by atoms with Crippen molar-refractivity contribution in [2.24, 2.45) is 11.7 Å². The van der Waals surface area contributed by atoms with Gasteiger partial charge in [-0.1, -0.05) is 20.3 Å². The normalized spacial score (nSPS) is 15.5. The minimum Gasteiger partial charge on any atom is -0.481 e. The third-order valence-corrected chi connectivity index (χ3v) is 5.48. The number of hydrogen-bond acceptors (Lipinski definition) is 8. The molecule has 0 aromatic heterocycles. The third-order valence-electron chi connectivity index (χ3n) is 4.84. The number of carbonyl (C=O) groups excluding carboxylic acids is 3. The molecular weight excluding hydrogens is 444 g/mol. The van der Waals surface area contributed by atoms with Gasteiger partial charge in [0.15, 0.2) is 0 Å². The van der Waals surface area contributed by atoms with Crippen LogP contribution in [-0.2, 0) is 24.0 Å². The summed E-state index contributed by atoms with van der Waals surface area (Å²) in [7, 11) is 0. The predicted molar refractivity (Wildman–Crippen MR) is 118 cm³/mol. The summed E-state index contributed by atoms with van der Waals surface area (Å²) in [6.07, 6.45) is 2.01. The third kappa shape index (κ3) is 10.8. The second kappa shape index (κ2) is 15.4. The molecule has 0 heterocycles. The number of aliphatic hydroxyl groups excluding tert-OH is 1. The van der Waals surface area contributed by atoms with Crippen molar-refractivity contribution in [1.82, 2.24) is 16.0 Å². The molecule has 12 nitrogen and oxygen atoms in total. The Kier molecular flexibility index (Phi) is 14.3. The summed E-state index contributed by atoms with van der Waals surface area (Å²) in [5.41, 5.74) is 5.81. The summed E-state index contributed by atoms with van der Waals surface area (Å²) in [4.78, 5) is 59.8. The van der Waals surface area contributed by atoms with Crippen molar-refractivity contribution >= 4 is 41.4 Å². The fourth-order valence-corrected chi connectivity index (χ4v) is 3.08. The highest BCUT2D eigenvalue weighted by Crippen LogP contribution is 2.10. The van der Waals surface area contributed by atoms with Gasteiger partial charge in [0.1, 0.15) is 18.1 Å². The SMILES string of the molecule is CCC(C)C(NC(=O)C(CCC(=O)O)NC(=O)C(N)CCSC)C(=O)NC(CO)C(=O)O. The Morgan fingerprint density at radius 2 is 1.53 bits per heavy atom. The van der Waals surface area contributed by atoms with Crippen LogP contribution in [0.4, 0.5) is 0 Å². The molecule has 0 spiro atoms. The second-order valence-electron chi connectivity index (χ2n) is 7.34. The lowest BCUT2D eigenvalue weighted by molar-refractivity contribution is -0.143. The van der Waals surface area contributed by atoms with Crippen LogP contribution in [0.3, 0.4) is 0 Å². The van der Waals surface area contributed by atoms with Crippen LogP contribution in [0.5, 0.6) is 0 Å². The number of amides is 3. The molecule has 0 aromatic rings. The molecule has 0 rings (SSSR count). The molecule has 8 N–H and O–H groups in total. The molecule has 0 saturated heterocycles. The van der Waals surface area contributed by atoms with Crippen molar-refractivity contribution in [3.8, 4) is 0 Å². The molecule has 13 heteroatoms. The van der Waals surface area contributed by atoms with E-state index in [2.05, 4.69) is 16.0 Å². The number of aliphatic carboxylic acids is 2. The molecule has 0 fully saturated rings. The van der Waals surface area contributed by atoms with Gasteiger partial charge in [0, 0.05) is 6.42 Å². The molecule has 5 unspecified atom stereocenters. The summed E-state index contributed by atoms with van der Waals surface area (Å²) in [6.45, 7) is 2.57. The van der Waals surface area contributed by atoms with Gasteiger partial charge in [-0.25, -0.2) is 4.79 Å². The molecule has 0 radical (unpaired) electrons. The van der Waals surface area contributed by atoms with Gasteiger partial charge in [-0.3, -0.25) is 19.2 Å². The van der Waals surface area contributed by atoms with Gasteiger partial charge in [-0.2, -0.15) is 11.8 Å². The highest BCUT2D eigenvalue weighted by atomic mass is 32.2. The zero-order valence-electron chi connectivity index (χ0n) is 18.5. The van der Waals surface area contributed by atoms with E-state index in [-0.39, 0.29) is 6.42 Å².